The van der Waals surface area contributed by atoms with Crippen molar-refractivity contribution >= 4 is 22.8 Å². The van der Waals surface area contributed by atoms with Crippen molar-refractivity contribution in [2.45, 2.75) is 44.1 Å². The molecule has 1 aliphatic heterocycles. The maximum absolute atomic E-state index is 12.7. The van der Waals surface area contributed by atoms with Gasteiger partial charge in [-0.05, 0) is 25.0 Å². The van der Waals surface area contributed by atoms with E-state index in [0.29, 0.717) is 36.0 Å². The van der Waals surface area contributed by atoms with Crippen molar-refractivity contribution in [1.29, 1.82) is 0 Å². The number of rotatable bonds is 3. The lowest BCUT2D eigenvalue weighted by atomic mass is 9.82. The Labute approximate surface area is 144 Å². The van der Waals surface area contributed by atoms with Crippen LogP contribution in [0, 0.1) is 0 Å². The van der Waals surface area contributed by atoms with Gasteiger partial charge in [-0.25, -0.2) is 9.78 Å². The monoisotopic (exact) mass is 340 g/mol. The van der Waals surface area contributed by atoms with Crippen LogP contribution in [0.4, 0.5) is 4.79 Å². The number of carbonyl (C=O) groups is 2. The van der Waals surface area contributed by atoms with Crippen LogP contribution in [-0.4, -0.2) is 38.9 Å². The Hall–Kier alpha value is -2.70. The second-order valence-electron chi connectivity index (χ2n) is 6.81. The van der Waals surface area contributed by atoms with Crippen molar-refractivity contribution in [2.24, 2.45) is 0 Å². The number of para-hydroxylation sites is 1. The summed E-state index contributed by atoms with van der Waals surface area (Å²) in [6, 6.07) is 6.77. The third-order valence-corrected chi connectivity index (χ3v) is 5.19. The van der Waals surface area contributed by atoms with Crippen molar-refractivity contribution in [2.75, 3.05) is 6.54 Å². The lowest BCUT2D eigenvalue weighted by Gasteiger charge is -2.30. The Kier molecular flexibility index (Phi) is 3.78. The van der Waals surface area contributed by atoms with Crippen LogP contribution in [0.3, 0.4) is 0 Å². The number of benzene rings is 1. The standard InChI is InChI=1S/C18H20N4O3/c23-15-12-6-2-3-7-13(12)19-14(20-15)8-11-22-16(24)18(21-17(22)25)9-4-1-5-10-18/h2-3,6-7H,1,4-5,8-11H2,(H,21,25)(H,19,20,23). The quantitative estimate of drug-likeness (QED) is 0.832. The van der Waals surface area contributed by atoms with Crippen molar-refractivity contribution in [3.05, 3.63) is 40.4 Å². The van der Waals surface area contributed by atoms with Gasteiger partial charge in [0.25, 0.3) is 11.5 Å². The normalized spacial score (nSPS) is 19.6. The molecule has 0 atom stereocenters. The van der Waals surface area contributed by atoms with Crippen LogP contribution < -0.4 is 10.9 Å². The number of aromatic amines is 1. The number of imide groups is 1. The van der Waals surface area contributed by atoms with Gasteiger partial charge in [0.2, 0.25) is 0 Å². The second-order valence-corrected chi connectivity index (χ2v) is 6.81. The van der Waals surface area contributed by atoms with E-state index in [9.17, 15) is 14.4 Å². The lowest BCUT2D eigenvalue weighted by Crippen LogP contribution is -2.48. The molecule has 1 aromatic carbocycles. The Balaban J connectivity index is 1.52. The summed E-state index contributed by atoms with van der Waals surface area (Å²) in [7, 11) is 0. The third kappa shape index (κ3) is 2.69. The van der Waals surface area contributed by atoms with Crippen LogP contribution >= 0.6 is 0 Å². The zero-order valence-corrected chi connectivity index (χ0v) is 13.9. The number of hydrogen-bond acceptors (Lipinski definition) is 4. The smallest absolute Gasteiger partial charge is 0.323 e. The number of fused-ring (bicyclic) bond motifs is 1. The van der Waals surface area contributed by atoms with Gasteiger partial charge in [-0.15, -0.1) is 0 Å². The van der Waals surface area contributed by atoms with Crippen LogP contribution in [0.1, 0.15) is 37.9 Å². The summed E-state index contributed by atoms with van der Waals surface area (Å²) < 4.78 is 0. The fourth-order valence-electron chi connectivity index (χ4n) is 3.84. The highest BCUT2D eigenvalue weighted by molar-refractivity contribution is 6.07. The van der Waals surface area contributed by atoms with E-state index >= 15 is 0 Å². The molecule has 3 amide bonds. The van der Waals surface area contributed by atoms with Gasteiger partial charge in [0, 0.05) is 13.0 Å². The van der Waals surface area contributed by atoms with Crippen LogP contribution in [0.25, 0.3) is 10.9 Å². The molecule has 0 bridgehead atoms. The molecule has 7 nitrogen and oxygen atoms in total. The van der Waals surface area contributed by atoms with Crippen LogP contribution in [0.5, 0.6) is 0 Å². The van der Waals surface area contributed by atoms with E-state index in [1.165, 1.54) is 4.90 Å². The van der Waals surface area contributed by atoms with E-state index in [2.05, 4.69) is 15.3 Å². The second kappa shape index (κ2) is 5.98. The molecular formula is C18H20N4O3. The number of urea groups is 1. The zero-order valence-electron chi connectivity index (χ0n) is 13.9. The van der Waals surface area contributed by atoms with E-state index in [0.717, 1.165) is 19.3 Å². The summed E-state index contributed by atoms with van der Waals surface area (Å²) in [5.41, 5.74) is -0.303. The molecule has 1 saturated heterocycles. The first-order valence-corrected chi connectivity index (χ1v) is 8.71. The maximum Gasteiger partial charge on any atom is 0.325 e. The molecule has 25 heavy (non-hydrogen) atoms. The van der Waals surface area contributed by atoms with Gasteiger partial charge in [-0.3, -0.25) is 14.5 Å². The topological polar surface area (TPSA) is 95.2 Å². The van der Waals surface area contributed by atoms with Crippen LogP contribution in [0.15, 0.2) is 29.1 Å². The number of nitrogens with zero attached hydrogens (tertiary/aromatic N) is 2. The summed E-state index contributed by atoms with van der Waals surface area (Å²) in [5.74, 6) is 0.342. The number of H-pyrrole nitrogens is 1. The summed E-state index contributed by atoms with van der Waals surface area (Å²) in [6.45, 7) is 0.216. The number of nitrogens with one attached hydrogen (secondary N) is 2. The van der Waals surface area contributed by atoms with Crippen molar-refractivity contribution < 1.29 is 9.59 Å². The molecule has 2 heterocycles. The van der Waals surface area contributed by atoms with Crippen molar-refractivity contribution in [3.63, 3.8) is 0 Å². The highest BCUT2D eigenvalue weighted by atomic mass is 16.2. The first-order chi connectivity index (χ1) is 12.1. The Morgan fingerprint density at radius 3 is 2.64 bits per heavy atom. The maximum atomic E-state index is 12.7. The highest BCUT2D eigenvalue weighted by Gasteiger charge is 2.50. The van der Waals surface area contributed by atoms with E-state index in [1.807, 2.05) is 6.07 Å². The molecule has 2 aliphatic rings. The minimum Gasteiger partial charge on any atom is -0.323 e. The molecule has 4 rings (SSSR count). The number of amides is 3. The first-order valence-electron chi connectivity index (χ1n) is 8.71. The van der Waals surface area contributed by atoms with Gasteiger partial charge in [0.15, 0.2) is 0 Å². The molecule has 1 aliphatic carbocycles. The minimum absolute atomic E-state index is 0.139. The van der Waals surface area contributed by atoms with E-state index in [-0.39, 0.29) is 24.0 Å². The predicted octanol–water partition coefficient (Wildman–Crippen LogP) is 1.72. The SMILES string of the molecule is O=C1NC2(CCCCC2)C(=O)N1CCc1nc2ccccc2c(=O)[nH]1. The largest absolute Gasteiger partial charge is 0.325 e. The number of carbonyl (C=O) groups excluding carboxylic acids is 2. The lowest BCUT2D eigenvalue weighted by molar-refractivity contribution is -0.132. The van der Waals surface area contributed by atoms with Crippen molar-refractivity contribution in [3.8, 4) is 0 Å². The van der Waals surface area contributed by atoms with Gasteiger partial charge in [-0.2, -0.15) is 0 Å². The molecule has 0 unspecified atom stereocenters. The number of hydrogen-bond donors (Lipinski definition) is 2. The molecule has 0 radical (unpaired) electrons. The average molecular weight is 340 g/mol. The van der Waals surface area contributed by atoms with Crippen LogP contribution in [0.2, 0.25) is 0 Å². The Morgan fingerprint density at radius 1 is 1.08 bits per heavy atom. The predicted molar refractivity (Wildman–Crippen MR) is 92.1 cm³/mol. The molecule has 7 heteroatoms. The molecule has 130 valence electrons. The molecule has 2 aromatic rings. The van der Waals surface area contributed by atoms with E-state index in [1.54, 1.807) is 18.2 Å². The molecule has 1 aromatic heterocycles. The molecule has 1 saturated carbocycles. The highest BCUT2D eigenvalue weighted by Crippen LogP contribution is 2.33. The minimum atomic E-state index is -0.709. The summed E-state index contributed by atoms with van der Waals surface area (Å²) in [4.78, 5) is 45.5. The molecule has 2 N–H and O–H groups in total. The number of aromatic nitrogens is 2. The summed E-state index contributed by atoms with van der Waals surface area (Å²) >= 11 is 0. The van der Waals surface area contributed by atoms with Gasteiger partial charge in [0.05, 0.1) is 10.9 Å². The Morgan fingerprint density at radius 2 is 1.84 bits per heavy atom. The molecular weight excluding hydrogens is 320 g/mol. The van der Waals surface area contributed by atoms with E-state index in [4.69, 9.17) is 0 Å². The van der Waals surface area contributed by atoms with Gasteiger partial charge < -0.3 is 10.3 Å². The molecule has 2 fully saturated rings. The summed E-state index contributed by atoms with van der Waals surface area (Å²) in [5, 5.41) is 3.42. The van der Waals surface area contributed by atoms with Gasteiger partial charge >= 0.3 is 6.03 Å². The van der Waals surface area contributed by atoms with E-state index < -0.39 is 5.54 Å². The fraction of sp³-hybridized carbons (Fsp3) is 0.444. The Bertz CT molecular complexity index is 899. The van der Waals surface area contributed by atoms with Crippen molar-refractivity contribution in [1.82, 2.24) is 20.2 Å². The fourth-order valence-corrected chi connectivity index (χ4v) is 3.84. The average Bonchev–Trinajstić information content (AvgIpc) is 2.84. The zero-order chi connectivity index (χ0) is 17.4. The van der Waals surface area contributed by atoms with Gasteiger partial charge in [0.1, 0.15) is 11.4 Å². The van der Waals surface area contributed by atoms with Gasteiger partial charge in [-0.1, -0.05) is 31.4 Å². The molecule has 1 spiro atoms. The first kappa shape index (κ1) is 15.8. The van der Waals surface area contributed by atoms with Crippen LogP contribution in [-0.2, 0) is 11.2 Å². The third-order valence-electron chi connectivity index (χ3n) is 5.19. The summed E-state index contributed by atoms with van der Waals surface area (Å²) in [6.07, 6.45) is 4.76.